The highest BCUT2D eigenvalue weighted by atomic mass is 19.1. The largest absolute Gasteiger partial charge is 0.325 e. The molecule has 5 heteroatoms. The molecule has 3 N–H and O–H groups in total. The Morgan fingerprint density at radius 3 is 2.49 bits per heavy atom. The molecule has 1 aliphatic rings. The highest BCUT2D eigenvalue weighted by Gasteiger charge is 2.28. The Bertz CT molecular complexity index is 1010. The number of allylic oxidation sites excluding steroid dienone is 1. The predicted octanol–water partition coefficient (Wildman–Crippen LogP) is 7.54. The van der Waals surface area contributed by atoms with Crippen molar-refractivity contribution in [1.82, 2.24) is 16.1 Å². The lowest BCUT2D eigenvalue weighted by Gasteiger charge is -2.26. The Balaban J connectivity index is 0.00000101. The summed E-state index contributed by atoms with van der Waals surface area (Å²) in [4.78, 5) is 0. The summed E-state index contributed by atoms with van der Waals surface area (Å²) < 4.78 is 14.8. The molecule has 4 nitrogen and oxygen atoms in total. The molecule has 1 aliphatic heterocycles. The molecule has 2 aromatic rings. The number of terminal acetylenes is 1. The van der Waals surface area contributed by atoms with Gasteiger partial charge in [-0.1, -0.05) is 84.0 Å². The number of benzene rings is 2. The number of nitrogens with one attached hydrogen (secondary N) is 3. The van der Waals surface area contributed by atoms with Gasteiger partial charge in [0.25, 0.3) is 0 Å². The summed E-state index contributed by atoms with van der Waals surface area (Å²) in [7, 11) is 1.97. The molecule has 0 bridgehead atoms. The third-order valence-corrected chi connectivity index (χ3v) is 6.11. The average Bonchev–Trinajstić information content (AvgIpc) is 3.33. The molecule has 0 saturated heterocycles. The highest BCUT2D eigenvalue weighted by Crippen LogP contribution is 2.34. The Hall–Kier alpha value is -3.07. The highest BCUT2D eigenvalue weighted by molar-refractivity contribution is 5.82. The Morgan fingerprint density at radius 2 is 1.92 bits per heavy atom. The van der Waals surface area contributed by atoms with Gasteiger partial charge in [-0.05, 0) is 81.1 Å². The van der Waals surface area contributed by atoms with Gasteiger partial charge in [-0.2, -0.15) is 0 Å². The van der Waals surface area contributed by atoms with Crippen LogP contribution < -0.4 is 21.1 Å². The van der Waals surface area contributed by atoms with Crippen LogP contribution in [0.25, 0.3) is 5.70 Å². The second kappa shape index (κ2) is 17.4. The monoisotopic (exact) mass is 508 g/mol. The number of hydrazine groups is 1. The number of anilines is 1. The molecule has 0 radical (unpaired) electrons. The van der Waals surface area contributed by atoms with E-state index in [9.17, 15) is 4.39 Å². The molecule has 0 aromatic heterocycles. The van der Waals surface area contributed by atoms with E-state index < -0.39 is 5.67 Å². The summed E-state index contributed by atoms with van der Waals surface area (Å²) in [5, 5.41) is 8.03. The zero-order chi connectivity index (χ0) is 27.1. The second-order valence-electron chi connectivity index (χ2n) is 8.81. The first kappa shape index (κ1) is 33.9. The van der Waals surface area contributed by atoms with Crippen molar-refractivity contribution in [2.75, 3.05) is 18.6 Å². The number of hydrogen-bond donors (Lipinski definition) is 3. The van der Waals surface area contributed by atoms with Gasteiger partial charge in [0.1, 0.15) is 11.8 Å². The number of nitrogens with zero attached hydrogens (tertiary/aromatic N) is 1. The number of rotatable bonds is 9. The van der Waals surface area contributed by atoms with Crippen LogP contribution in [0.1, 0.15) is 71.6 Å². The first-order valence-corrected chi connectivity index (χ1v) is 12.9. The van der Waals surface area contributed by atoms with Crippen molar-refractivity contribution in [3.8, 4) is 12.5 Å². The van der Waals surface area contributed by atoms with Crippen molar-refractivity contribution in [2.24, 2.45) is 5.92 Å². The summed E-state index contributed by atoms with van der Waals surface area (Å²) in [5.74, 6) is 0.655. The number of alkyl halides is 1. The normalized spacial score (nSPS) is 16.2. The van der Waals surface area contributed by atoms with Crippen molar-refractivity contribution in [2.45, 2.75) is 73.6 Å². The van der Waals surface area contributed by atoms with Crippen molar-refractivity contribution in [3.05, 3.63) is 84.0 Å². The molecule has 2 aromatic carbocycles. The van der Waals surface area contributed by atoms with Gasteiger partial charge >= 0.3 is 0 Å². The molecule has 37 heavy (non-hydrogen) atoms. The molecule has 0 fully saturated rings. The number of para-hydroxylation sites is 1. The van der Waals surface area contributed by atoms with E-state index in [1.165, 1.54) is 6.42 Å². The van der Waals surface area contributed by atoms with Crippen LogP contribution in [0.2, 0.25) is 0 Å². The van der Waals surface area contributed by atoms with Crippen molar-refractivity contribution in [1.29, 1.82) is 0 Å². The van der Waals surface area contributed by atoms with Crippen molar-refractivity contribution >= 4 is 11.4 Å². The zero-order valence-electron chi connectivity index (χ0n) is 23.2. The van der Waals surface area contributed by atoms with Gasteiger partial charge in [0, 0.05) is 6.04 Å². The van der Waals surface area contributed by atoms with Crippen molar-refractivity contribution < 1.29 is 4.39 Å². The quantitative estimate of drug-likeness (QED) is 0.186. The maximum atomic E-state index is 14.8. The smallest absolute Gasteiger partial charge is 0.133 e. The van der Waals surface area contributed by atoms with Crippen LogP contribution >= 0.6 is 0 Å². The number of halogens is 1. The summed E-state index contributed by atoms with van der Waals surface area (Å²) in [5.41, 5.74) is 6.74. The van der Waals surface area contributed by atoms with E-state index in [0.717, 1.165) is 29.1 Å². The van der Waals surface area contributed by atoms with E-state index in [0.29, 0.717) is 17.9 Å². The topological polar surface area (TPSA) is 39.3 Å². The Labute approximate surface area is 226 Å². The van der Waals surface area contributed by atoms with E-state index in [1.54, 1.807) is 6.92 Å². The van der Waals surface area contributed by atoms with Crippen LogP contribution in [0, 0.1) is 25.3 Å². The predicted molar refractivity (Wildman–Crippen MR) is 162 cm³/mol. The fourth-order valence-corrected chi connectivity index (χ4v) is 3.58. The van der Waals surface area contributed by atoms with Gasteiger partial charge in [0.15, 0.2) is 0 Å². The standard InChI is InChI=1S/C22H24FN3.C7H15N.C2H6.CH4/c1-5-22(4,23)18-12-9-11-17(14-18)20-15-21(24-6-2)25-26(20)19-13-8-7-10-16(19)3;1-4-7(2)5-6-8-3;1-2;/h2,7-15,21,24-25H,5H2,1,3-4H3;4,7-8H,1,5-6H2,2-3H3;1-2H3;1H4. The number of aryl methyl sites for hydroxylation is 1. The minimum absolute atomic E-state index is 0. The van der Waals surface area contributed by atoms with E-state index in [-0.39, 0.29) is 13.6 Å². The molecule has 0 amide bonds. The van der Waals surface area contributed by atoms with E-state index in [2.05, 4.69) is 48.6 Å². The van der Waals surface area contributed by atoms with E-state index in [1.807, 2.05) is 87.4 Å². The maximum Gasteiger partial charge on any atom is 0.133 e. The van der Waals surface area contributed by atoms with Crippen LogP contribution in [-0.4, -0.2) is 19.8 Å². The molecule has 3 unspecified atom stereocenters. The Morgan fingerprint density at radius 1 is 1.24 bits per heavy atom. The third-order valence-electron chi connectivity index (χ3n) is 6.11. The van der Waals surface area contributed by atoms with Crippen LogP contribution in [0.4, 0.5) is 10.1 Å². The minimum atomic E-state index is -1.35. The molecule has 3 atom stereocenters. The molecular formula is C32H49FN4. The fourth-order valence-electron chi connectivity index (χ4n) is 3.58. The van der Waals surface area contributed by atoms with Gasteiger partial charge in [-0.25, -0.2) is 9.82 Å². The van der Waals surface area contributed by atoms with Gasteiger partial charge in [-0.15, -0.1) is 6.58 Å². The summed E-state index contributed by atoms with van der Waals surface area (Å²) >= 11 is 0. The summed E-state index contributed by atoms with van der Waals surface area (Å²) in [6.07, 6.45) is 10.8. The average molecular weight is 509 g/mol. The molecular weight excluding hydrogens is 459 g/mol. The van der Waals surface area contributed by atoms with Gasteiger partial charge in [-0.3, -0.25) is 5.01 Å². The van der Waals surface area contributed by atoms with Gasteiger partial charge in [0.2, 0.25) is 0 Å². The SMILES string of the molecule is C.C#CNC1C=C(c2cccc(C(C)(F)CC)c2)N(c2ccccc2C)N1.C=CC(C)CCNC.CC. The minimum Gasteiger partial charge on any atom is -0.325 e. The van der Waals surface area contributed by atoms with E-state index in [4.69, 9.17) is 6.42 Å². The Kier molecular flexibility index (Phi) is 16.0. The molecule has 0 aliphatic carbocycles. The summed E-state index contributed by atoms with van der Waals surface area (Å²) in [6, 6.07) is 18.2. The van der Waals surface area contributed by atoms with Crippen molar-refractivity contribution in [3.63, 3.8) is 0 Å². The first-order chi connectivity index (χ1) is 17.3. The van der Waals surface area contributed by atoms with Crippen LogP contribution in [-0.2, 0) is 5.67 Å². The van der Waals surface area contributed by atoms with Crippen LogP contribution in [0.5, 0.6) is 0 Å². The fraction of sp³-hybridized carbons (Fsp3) is 0.438. The van der Waals surface area contributed by atoms with Crippen LogP contribution in [0.15, 0.2) is 67.3 Å². The molecule has 204 valence electrons. The molecule has 3 rings (SSSR count). The first-order valence-electron chi connectivity index (χ1n) is 12.9. The lowest BCUT2D eigenvalue weighted by molar-refractivity contribution is 0.185. The van der Waals surface area contributed by atoms with E-state index >= 15 is 0 Å². The molecule has 0 saturated carbocycles. The zero-order valence-corrected chi connectivity index (χ0v) is 23.2. The molecule has 0 spiro atoms. The summed E-state index contributed by atoms with van der Waals surface area (Å²) in [6.45, 7) is 16.5. The number of hydrogen-bond acceptors (Lipinski definition) is 4. The third kappa shape index (κ3) is 10.1. The van der Waals surface area contributed by atoms with Crippen LogP contribution in [0.3, 0.4) is 0 Å². The lowest BCUT2D eigenvalue weighted by Crippen LogP contribution is -2.43. The second-order valence-corrected chi connectivity index (χ2v) is 8.81. The molecule has 1 heterocycles. The lowest BCUT2D eigenvalue weighted by atomic mass is 9.93. The van der Waals surface area contributed by atoms with Gasteiger partial charge < -0.3 is 10.6 Å². The van der Waals surface area contributed by atoms with Gasteiger partial charge in [0.05, 0.1) is 11.4 Å². The maximum absolute atomic E-state index is 14.8.